The molecule has 0 fully saturated rings. The SMILES string of the molecule is Cc1ccc(N)cc1C#CCCBr. The van der Waals surface area contributed by atoms with Crippen LogP contribution in [0.5, 0.6) is 0 Å². The van der Waals surface area contributed by atoms with Crippen LogP contribution in [0.2, 0.25) is 0 Å². The lowest BCUT2D eigenvalue weighted by molar-refractivity contribution is 1.31. The van der Waals surface area contributed by atoms with Gasteiger partial charge in [0.05, 0.1) is 0 Å². The number of halogens is 1. The molecule has 0 aliphatic heterocycles. The van der Waals surface area contributed by atoms with E-state index in [2.05, 4.69) is 27.8 Å². The van der Waals surface area contributed by atoms with Crippen molar-refractivity contribution < 1.29 is 0 Å². The zero-order valence-electron chi connectivity index (χ0n) is 7.60. The number of alkyl halides is 1. The summed E-state index contributed by atoms with van der Waals surface area (Å²) in [5, 5.41) is 0.918. The molecule has 0 unspecified atom stereocenters. The Balaban J connectivity index is 2.89. The summed E-state index contributed by atoms with van der Waals surface area (Å²) < 4.78 is 0. The van der Waals surface area contributed by atoms with Crippen molar-refractivity contribution in [3.05, 3.63) is 29.3 Å². The number of anilines is 1. The molecule has 0 atom stereocenters. The van der Waals surface area contributed by atoms with E-state index in [1.807, 2.05) is 25.1 Å². The number of aryl methyl sites for hydroxylation is 1. The largest absolute Gasteiger partial charge is 0.399 e. The predicted octanol–water partition coefficient (Wildman–Crippen LogP) is 2.71. The van der Waals surface area contributed by atoms with E-state index in [1.54, 1.807) is 0 Å². The summed E-state index contributed by atoms with van der Waals surface area (Å²) in [6.07, 6.45) is 0.869. The van der Waals surface area contributed by atoms with Gasteiger partial charge in [-0.2, -0.15) is 0 Å². The first-order valence-corrected chi connectivity index (χ1v) is 5.27. The molecule has 2 N–H and O–H groups in total. The number of hydrogen-bond donors (Lipinski definition) is 1. The minimum atomic E-state index is 0.772. The number of nitrogens with two attached hydrogens (primary N) is 1. The minimum absolute atomic E-state index is 0.772. The molecule has 0 saturated carbocycles. The van der Waals surface area contributed by atoms with Gasteiger partial charge in [0, 0.05) is 23.0 Å². The third kappa shape index (κ3) is 3.12. The molecule has 13 heavy (non-hydrogen) atoms. The number of benzene rings is 1. The average Bonchev–Trinajstić information content (AvgIpc) is 2.11. The van der Waals surface area contributed by atoms with Crippen molar-refractivity contribution in [2.45, 2.75) is 13.3 Å². The van der Waals surface area contributed by atoms with Crippen LogP contribution in [0.4, 0.5) is 5.69 Å². The molecular formula is C11H12BrN. The van der Waals surface area contributed by atoms with E-state index >= 15 is 0 Å². The van der Waals surface area contributed by atoms with E-state index in [9.17, 15) is 0 Å². The molecule has 0 aromatic heterocycles. The van der Waals surface area contributed by atoms with Gasteiger partial charge in [-0.25, -0.2) is 0 Å². The molecule has 0 aliphatic rings. The molecular weight excluding hydrogens is 226 g/mol. The lowest BCUT2D eigenvalue weighted by atomic mass is 10.1. The molecule has 0 aliphatic carbocycles. The molecule has 1 rings (SSSR count). The van der Waals surface area contributed by atoms with Crippen molar-refractivity contribution in [3.8, 4) is 11.8 Å². The number of nitrogen functional groups attached to an aromatic ring is 1. The Morgan fingerprint density at radius 3 is 2.92 bits per heavy atom. The summed E-state index contributed by atoms with van der Waals surface area (Å²) in [4.78, 5) is 0. The molecule has 0 heterocycles. The van der Waals surface area contributed by atoms with Crippen molar-refractivity contribution in [2.75, 3.05) is 11.1 Å². The summed E-state index contributed by atoms with van der Waals surface area (Å²) >= 11 is 3.33. The molecule has 0 saturated heterocycles. The molecule has 68 valence electrons. The van der Waals surface area contributed by atoms with Crippen molar-refractivity contribution in [2.24, 2.45) is 0 Å². The Hall–Kier alpha value is -0.940. The quantitative estimate of drug-likeness (QED) is 0.454. The van der Waals surface area contributed by atoms with E-state index in [1.165, 1.54) is 5.56 Å². The second kappa shape index (κ2) is 4.94. The first-order valence-electron chi connectivity index (χ1n) is 4.15. The van der Waals surface area contributed by atoms with Crippen LogP contribution in [0.1, 0.15) is 17.5 Å². The second-order valence-corrected chi connectivity index (χ2v) is 3.61. The van der Waals surface area contributed by atoms with Gasteiger partial charge < -0.3 is 5.73 Å². The van der Waals surface area contributed by atoms with Crippen molar-refractivity contribution >= 4 is 21.6 Å². The maximum absolute atomic E-state index is 5.65. The van der Waals surface area contributed by atoms with Crippen molar-refractivity contribution in [1.82, 2.24) is 0 Å². The highest BCUT2D eigenvalue weighted by atomic mass is 79.9. The smallest absolute Gasteiger partial charge is 0.0326 e. The zero-order chi connectivity index (χ0) is 9.68. The van der Waals surface area contributed by atoms with Crippen LogP contribution < -0.4 is 5.73 Å². The van der Waals surface area contributed by atoms with Crippen LogP contribution in [0.15, 0.2) is 18.2 Å². The Morgan fingerprint density at radius 1 is 1.46 bits per heavy atom. The van der Waals surface area contributed by atoms with E-state index in [-0.39, 0.29) is 0 Å². The van der Waals surface area contributed by atoms with E-state index in [0.29, 0.717) is 0 Å². The van der Waals surface area contributed by atoms with Crippen LogP contribution >= 0.6 is 15.9 Å². The summed E-state index contributed by atoms with van der Waals surface area (Å²) in [5.41, 5.74) is 8.63. The van der Waals surface area contributed by atoms with E-state index in [0.717, 1.165) is 23.0 Å². The summed E-state index contributed by atoms with van der Waals surface area (Å²) in [6, 6.07) is 5.80. The third-order valence-corrected chi connectivity index (χ3v) is 2.10. The molecule has 2 heteroatoms. The lowest BCUT2D eigenvalue weighted by Gasteiger charge is -1.98. The van der Waals surface area contributed by atoms with Crippen LogP contribution in [-0.2, 0) is 0 Å². The first-order chi connectivity index (χ1) is 6.24. The molecule has 1 aromatic rings. The third-order valence-electron chi connectivity index (χ3n) is 1.70. The maximum atomic E-state index is 5.65. The van der Waals surface area contributed by atoms with E-state index in [4.69, 9.17) is 5.73 Å². The normalized spacial score (nSPS) is 9.08. The molecule has 0 amide bonds. The molecule has 0 spiro atoms. The monoisotopic (exact) mass is 237 g/mol. The molecule has 1 nitrogen and oxygen atoms in total. The lowest BCUT2D eigenvalue weighted by Crippen LogP contribution is -1.88. The summed E-state index contributed by atoms with van der Waals surface area (Å²) in [5.74, 6) is 6.16. The van der Waals surface area contributed by atoms with Gasteiger partial charge in [0.2, 0.25) is 0 Å². The van der Waals surface area contributed by atoms with Crippen molar-refractivity contribution in [1.29, 1.82) is 0 Å². The van der Waals surface area contributed by atoms with Gasteiger partial charge in [-0.3, -0.25) is 0 Å². The number of hydrogen-bond acceptors (Lipinski definition) is 1. The molecule has 0 bridgehead atoms. The van der Waals surface area contributed by atoms with E-state index < -0.39 is 0 Å². The summed E-state index contributed by atoms with van der Waals surface area (Å²) in [7, 11) is 0. The van der Waals surface area contributed by atoms with Gasteiger partial charge in [0.15, 0.2) is 0 Å². The maximum Gasteiger partial charge on any atom is 0.0326 e. The Kier molecular flexibility index (Phi) is 3.85. The van der Waals surface area contributed by atoms with Gasteiger partial charge in [0.1, 0.15) is 0 Å². The van der Waals surface area contributed by atoms with Crippen LogP contribution in [0.3, 0.4) is 0 Å². The van der Waals surface area contributed by atoms with Gasteiger partial charge in [-0.15, -0.1) is 0 Å². The molecule has 0 radical (unpaired) electrons. The highest BCUT2D eigenvalue weighted by Gasteiger charge is 1.93. The highest BCUT2D eigenvalue weighted by Crippen LogP contribution is 2.10. The molecule has 1 aromatic carbocycles. The fraction of sp³-hybridized carbons (Fsp3) is 0.273. The fourth-order valence-electron chi connectivity index (χ4n) is 0.979. The standard InChI is InChI=1S/C11H12BrN/c1-9-5-6-11(13)8-10(9)4-2-3-7-12/h5-6,8H,3,7,13H2,1H3. The van der Waals surface area contributed by atoms with Crippen molar-refractivity contribution in [3.63, 3.8) is 0 Å². The average molecular weight is 238 g/mol. The number of rotatable bonds is 1. The topological polar surface area (TPSA) is 26.0 Å². The van der Waals surface area contributed by atoms with Gasteiger partial charge >= 0.3 is 0 Å². The van der Waals surface area contributed by atoms with Crippen LogP contribution in [0.25, 0.3) is 0 Å². The Bertz CT molecular complexity index is 347. The zero-order valence-corrected chi connectivity index (χ0v) is 9.19. The second-order valence-electron chi connectivity index (χ2n) is 2.82. The van der Waals surface area contributed by atoms with Gasteiger partial charge in [0.25, 0.3) is 0 Å². The predicted molar refractivity (Wildman–Crippen MR) is 60.9 cm³/mol. The van der Waals surface area contributed by atoms with Gasteiger partial charge in [-0.05, 0) is 24.6 Å². The first kappa shape index (κ1) is 10.1. The Morgan fingerprint density at radius 2 is 2.23 bits per heavy atom. The van der Waals surface area contributed by atoms with Crippen LogP contribution in [-0.4, -0.2) is 5.33 Å². The highest BCUT2D eigenvalue weighted by molar-refractivity contribution is 9.09. The Labute approximate surface area is 87.5 Å². The summed E-state index contributed by atoms with van der Waals surface area (Å²) in [6.45, 7) is 2.04. The van der Waals surface area contributed by atoms with Gasteiger partial charge in [-0.1, -0.05) is 33.8 Å². The van der Waals surface area contributed by atoms with Crippen LogP contribution in [0, 0.1) is 18.8 Å². The fourth-order valence-corrected chi connectivity index (χ4v) is 1.18. The minimum Gasteiger partial charge on any atom is -0.399 e.